The highest BCUT2D eigenvalue weighted by Crippen LogP contribution is 2.25. The molecule has 0 saturated carbocycles. The van der Waals surface area contributed by atoms with Crippen LogP contribution in [0, 0.1) is 0 Å². The summed E-state index contributed by atoms with van der Waals surface area (Å²) < 4.78 is 16.0. The van der Waals surface area contributed by atoms with Crippen LogP contribution < -0.4 is 19.5 Å². The van der Waals surface area contributed by atoms with Crippen LogP contribution >= 0.6 is 11.8 Å². The molecule has 0 atom stereocenters. The monoisotopic (exact) mass is 414 g/mol. The number of ether oxygens (including phenoxy) is 3. The summed E-state index contributed by atoms with van der Waals surface area (Å²) in [4.78, 5) is 16.4. The molecule has 3 rings (SSSR count). The van der Waals surface area contributed by atoms with Gasteiger partial charge in [0.15, 0.2) is 17.3 Å². The summed E-state index contributed by atoms with van der Waals surface area (Å²) in [6.07, 6.45) is 0. The Morgan fingerprint density at radius 2 is 1.83 bits per heavy atom. The molecule has 0 spiro atoms. The number of nitrogens with zero attached hydrogens (tertiary/aromatic N) is 2. The molecule has 152 valence electrons. The molecule has 2 aromatic carbocycles. The molecule has 3 aromatic rings. The molecule has 0 saturated heterocycles. The predicted molar refractivity (Wildman–Crippen MR) is 111 cm³/mol. The van der Waals surface area contributed by atoms with E-state index in [9.17, 15) is 4.79 Å². The first kappa shape index (κ1) is 20.5. The summed E-state index contributed by atoms with van der Waals surface area (Å²) in [5.74, 6) is 2.82. The molecule has 8 nitrogen and oxygen atoms in total. The van der Waals surface area contributed by atoms with Crippen LogP contribution in [0.15, 0.2) is 53.7 Å². The Morgan fingerprint density at radius 1 is 1.07 bits per heavy atom. The van der Waals surface area contributed by atoms with Gasteiger partial charge in [-0.2, -0.15) is 0 Å². The summed E-state index contributed by atoms with van der Waals surface area (Å²) >= 11 is 1.26. The molecule has 0 aliphatic carbocycles. The number of hydrogen-bond acceptors (Lipinski definition) is 7. The van der Waals surface area contributed by atoms with Gasteiger partial charge in [0.05, 0.1) is 26.5 Å². The van der Waals surface area contributed by atoms with E-state index in [-0.39, 0.29) is 11.7 Å². The summed E-state index contributed by atoms with van der Waals surface area (Å²) in [5, 5.41) is 10.3. The van der Waals surface area contributed by atoms with Gasteiger partial charge < -0.3 is 19.5 Å². The van der Waals surface area contributed by atoms with Crippen molar-refractivity contribution in [3.05, 3.63) is 48.5 Å². The molecule has 1 amide bonds. The number of carbonyl (C=O) groups is 1. The number of aromatic nitrogens is 3. The first-order valence-corrected chi connectivity index (χ1v) is 9.90. The number of rotatable bonds is 10. The van der Waals surface area contributed by atoms with Crippen LogP contribution in [0.3, 0.4) is 0 Å². The van der Waals surface area contributed by atoms with Gasteiger partial charge in [-0.3, -0.25) is 9.89 Å². The van der Waals surface area contributed by atoms with E-state index in [0.717, 1.165) is 11.3 Å². The van der Waals surface area contributed by atoms with Crippen molar-refractivity contribution >= 4 is 17.7 Å². The van der Waals surface area contributed by atoms with Crippen LogP contribution in [0.4, 0.5) is 0 Å². The average Bonchev–Trinajstić information content (AvgIpc) is 3.24. The Bertz CT molecular complexity index is 930. The van der Waals surface area contributed by atoms with E-state index < -0.39 is 0 Å². The summed E-state index contributed by atoms with van der Waals surface area (Å²) in [6, 6.07) is 14.9. The third kappa shape index (κ3) is 5.89. The minimum atomic E-state index is -0.116. The second-order valence-electron chi connectivity index (χ2n) is 5.83. The molecule has 2 N–H and O–H groups in total. The van der Waals surface area contributed by atoms with Gasteiger partial charge in [-0.05, 0) is 36.4 Å². The molecule has 1 aromatic heterocycles. The largest absolute Gasteiger partial charge is 0.497 e. The molecular weight excluding hydrogens is 392 g/mol. The van der Waals surface area contributed by atoms with Crippen LogP contribution in [0.1, 0.15) is 0 Å². The third-order valence-electron chi connectivity index (χ3n) is 3.91. The molecule has 0 radical (unpaired) electrons. The number of methoxy groups -OCH3 is 2. The maximum absolute atomic E-state index is 12.0. The number of para-hydroxylation sites is 2. The third-order valence-corrected chi connectivity index (χ3v) is 4.76. The van der Waals surface area contributed by atoms with Crippen LogP contribution in [0.25, 0.3) is 11.4 Å². The van der Waals surface area contributed by atoms with Gasteiger partial charge in [-0.25, -0.2) is 4.98 Å². The second kappa shape index (κ2) is 10.4. The molecule has 29 heavy (non-hydrogen) atoms. The fourth-order valence-electron chi connectivity index (χ4n) is 2.46. The average molecular weight is 414 g/mol. The minimum Gasteiger partial charge on any atom is -0.497 e. The Morgan fingerprint density at radius 3 is 2.55 bits per heavy atom. The maximum atomic E-state index is 12.0. The van der Waals surface area contributed by atoms with Crippen molar-refractivity contribution in [3.8, 4) is 28.6 Å². The van der Waals surface area contributed by atoms with Crippen molar-refractivity contribution in [1.29, 1.82) is 0 Å². The molecule has 9 heteroatoms. The van der Waals surface area contributed by atoms with Crippen LogP contribution in [0.5, 0.6) is 17.2 Å². The first-order chi connectivity index (χ1) is 14.2. The van der Waals surface area contributed by atoms with E-state index in [1.54, 1.807) is 14.2 Å². The molecule has 0 aliphatic rings. The van der Waals surface area contributed by atoms with Gasteiger partial charge >= 0.3 is 0 Å². The molecule has 0 fully saturated rings. The van der Waals surface area contributed by atoms with Gasteiger partial charge in [0.1, 0.15) is 12.4 Å². The van der Waals surface area contributed by atoms with E-state index in [2.05, 4.69) is 20.5 Å². The zero-order valence-electron chi connectivity index (χ0n) is 16.2. The lowest BCUT2D eigenvalue weighted by molar-refractivity contribution is -0.118. The maximum Gasteiger partial charge on any atom is 0.230 e. The highest BCUT2D eigenvalue weighted by molar-refractivity contribution is 7.99. The van der Waals surface area contributed by atoms with E-state index >= 15 is 0 Å². The standard InChI is InChI=1S/C20H22N4O4S/c1-26-15-9-7-14(8-10-15)19-22-20(24-23-19)29-13-18(25)21-11-12-28-17-6-4-3-5-16(17)27-2/h3-10H,11-13H2,1-2H3,(H,21,25)(H,22,23,24). The molecule has 0 unspecified atom stereocenters. The SMILES string of the molecule is COc1ccc(-c2nc(SCC(=O)NCCOc3ccccc3OC)n[nH]2)cc1. The van der Waals surface area contributed by atoms with Gasteiger partial charge in [0.25, 0.3) is 0 Å². The highest BCUT2D eigenvalue weighted by Gasteiger charge is 2.09. The fourth-order valence-corrected chi connectivity index (χ4v) is 3.09. The summed E-state index contributed by atoms with van der Waals surface area (Å²) in [6.45, 7) is 0.738. The molecule has 1 heterocycles. The van der Waals surface area contributed by atoms with E-state index in [4.69, 9.17) is 14.2 Å². The number of aromatic amines is 1. The Kier molecular flexibility index (Phi) is 7.34. The first-order valence-electron chi connectivity index (χ1n) is 8.91. The van der Waals surface area contributed by atoms with Crippen molar-refractivity contribution < 1.29 is 19.0 Å². The molecule has 0 aliphatic heterocycles. The Balaban J connectivity index is 1.40. The van der Waals surface area contributed by atoms with Crippen molar-refractivity contribution in [3.63, 3.8) is 0 Å². The van der Waals surface area contributed by atoms with Crippen molar-refractivity contribution in [2.24, 2.45) is 0 Å². The van der Waals surface area contributed by atoms with E-state index in [0.29, 0.717) is 35.6 Å². The van der Waals surface area contributed by atoms with Crippen LogP contribution in [-0.4, -0.2) is 54.2 Å². The van der Waals surface area contributed by atoms with Gasteiger partial charge in [-0.1, -0.05) is 23.9 Å². The van der Waals surface area contributed by atoms with Crippen molar-refractivity contribution in [2.75, 3.05) is 33.1 Å². The predicted octanol–water partition coefficient (Wildman–Crippen LogP) is 2.78. The zero-order chi connectivity index (χ0) is 20.5. The topological polar surface area (TPSA) is 98.4 Å². The number of H-pyrrole nitrogens is 1. The van der Waals surface area contributed by atoms with E-state index in [1.807, 2.05) is 48.5 Å². The van der Waals surface area contributed by atoms with Gasteiger partial charge in [0.2, 0.25) is 11.1 Å². The summed E-state index contributed by atoms with van der Waals surface area (Å²) in [5.41, 5.74) is 0.892. The fraction of sp³-hybridized carbons (Fsp3) is 0.250. The normalized spacial score (nSPS) is 10.4. The minimum absolute atomic E-state index is 0.116. The Labute approximate surface area is 173 Å². The lowest BCUT2D eigenvalue weighted by Gasteiger charge is -2.10. The quantitative estimate of drug-likeness (QED) is 0.389. The smallest absolute Gasteiger partial charge is 0.230 e. The lowest BCUT2D eigenvalue weighted by atomic mass is 10.2. The van der Waals surface area contributed by atoms with Crippen LogP contribution in [-0.2, 0) is 4.79 Å². The number of carbonyl (C=O) groups excluding carboxylic acids is 1. The number of hydrogen-bond donors (Lipinski definition) is 2. The number of nitrogens with one attached hydrogen (secondary N) is 2. The zero-order valence-corrected chi connectivity index (χ0v) is 17.0. The summed E-state index contributed by atoms with van der Waals surface area (Å²) in [7, 11) is 3.21. The molecule has 0 bridgehead atoms. The number of thioether (sulfide) groups is 1. The van der Waals surface area contributed by atoms with Gasteiger partial charge in [-0.15, -0.1) is 5.10 Å². The second-order valence-corrected chi connectivity index (χ2v) is 6.78. The number of amides is 1. The van der Waals surface area contributed by atoms with Crippen LogP contribution in [0.2, 0.25) is 0 Å². The molecular formula is C20H22N4O4S. The Hall–Kier alpha value is -3.20. The van der Waals surface area contributed by atoms with Crippen molar-refractivity contribution in [2.45, 2.75) is 5.16 Å². The van der Waals surface area contributed by atoms with E-state index in [1.165, 1.54) is 11.8 Å². The van der Waals surface area contributed by atoms with Gasteiger partial charge in [0, 0.05) is 5.56 Å². The number of benzene rings is 2. The highest BCUT2D eigenvalue weighted by atomic mass is 32.2. The van der Waals surface area contributed by atoms with Crippen molar-refractivity contribution in [1.82, 2.24) is 20.5 Å². The lowest BCUT2D eigenvalue weighted by Crippen LogP contribution is -2.29.